The van der Waals surface area contributed by atoms with E-state index in [1.165, 1.54) is 12.1 Å². The highest BCUT2D eigenvalue weighted by Crippen LogP contribution is 2.25. The summed E-state index contributed by atoms with van der Waals surface area (Å²) < 4.78 is 15.3. The molecular formula is C16H17O4P. The topological polar surface area (TPSA) is 63.6 Å². The Morgan fingerprint density at radius 3 is 2.05 bits per heavy atom. The molecule has 0 aliphatic carbocycles. The van der Waals surface area contributed by atoms with Gasteiger partial charge in [0, 0.05) is 11.1 Å². The van der Waals surface area contributed by atoms with Crippen LogP contribution in [-0.4, -0.2) is 10.7 Å². The number of carbonyl (C=O) groups excluding carboxylic acids is 1. The van der Waals surface area contributed by atoms with Crippen LogP contribution in [-0.2, 0) is 4.57 Å². The highest BCUT2D eigenvalue weighted by Gasteiger charge is 2.15. The van der Waals surface area contributed by atoms with Crippen molar-refractivity contribution in [1.29, 1.82) is 0 Å². The first-order valence-corrected chi connectivity index (χ1v) is 7.78. The summed E-state index contributed by atoms with van der Waals surface area (Å²) in [6.45, 7) is 5.84. The van der Waals surface area contributed by atoms with E-state index in [2.05, 4.69) is 0 Å². The van der Waals surface area contributed by atoms with Crippen molar-refractivity contribution in [1.82, 2.24) is 0 Å². The van der Waals surface area contributed by atoms with Gasteiger partial charge in [-0.3, -0.25) is 4.79 Å². The molecule has 0 aliphatic rings. The summed E-state index contributed by atoms with van der Waals surface area (Å²) in [5.74, 6) is 0.212. The maximum Gasteiger partial charge on any atom is 0.365 e. The Kier molecular flexibility index (Phi) is 4.61. The first-order chi connectivity index (χ1) is 9.88. The summed E-state index contributed by atoms with van der Waals surface area (Å²) >= 11 is 0. The molecule has 0 amide bonds. The molecule has 2 rings (SSSR count). The lowest BCUT2D eigenvalue weighted by atomic mass is 9.93. The number of carbonyl (C=O) groups is 1. The summed E-state index contributed by atoms with van der Waals surface area (Å²) in [6.07, 6.45) is 0. The van der Waals surface area contributed by atoms with E-state index in [9.17, 15) is 9.36 Å². The lowest BCUT2D eigenvalue weighted by Crippen LogP contribution is -2.06. The number of rotatable bonds is 4. The van der Waals surface area contributed by atoms with Crippen molar-refractivity contribution in [2.45, 2.75) is 20.8 Å². The molecule has 110 valence electrons. The Morgan fingerprint density at radius 1 is 1.05 bits per heavy atom. The van der Waals surface area contributed by atoms with Crippen LogP contribution in [0.5, 0.6) is 5.75 Å². The molecule has 1 unspecified atom stereocenters. The number of hydrogen-bond donors (Lipinski definition) is 1. The SMILES string of the molecule is Cc1cc(C)c(C(=O)c2ccc(O[PH](=O)O)cc2)c(C)c1. The van der Waals surface area contributed by atoms with Crippen molar-refractivity contribution >= 4 is 14.0 Å². The lowest BCUT2D eigenvalue weighted by Gasteiger charge is -2.11. The third kappa shape index (κ3) is 3.60. The summed E-state index contributed by atoms with van der Waals surface area (Å²) in [5, 5.41) is 0. The second-order valence-corrected chi connectivity index (χ2v) is 5.73. The van der Waals surface area contributed by atoms with Crippen LogP contribution in [0.1, 0.15) is 32.6 Å². The van der Waals surface area contributed by atoms with Crippen LogP contribution in [0.25, 0.3) is 0 Å². The monoisotopic (exact) mass is 304 g/mol. The summed E-state index contributed by atoms with van der Waals surface area (Å²) in [5.41, 5.74) is 4.23. The van der Waals surface area contributed by atoms with Crippen LogP contribution >= 0.6 is 8.25 Å². The Balaban J connectivity index is 2.34. The van der Waals surface area contributed by atoms with Crippen LogP contribution < -0.4 is 4.52 Å². The Morgan fingerprint density at radius 2 is 1.57 bits per heavy atom. The smallest absolute Gasteiger partial charge is 0.365 e. The van der Waals surface area contributed by atoms with E-state index in [-0.39, 0.29) is 11.5 Å². The highest BCUT2D eigenvalue weighted by molar-refractivity contribution is 7.32. The zero-order valence-electron chi connectivity index (χ0n) is 12.1. The molecule has 0 spiro atoms. The standard InChI is InChI=1S/C16H17O4P/c1-10-8-11(2)15(12(3)9-10)16(17)13-4-6-14(7-5-13)20-21(18)19/h4-9,21H,1-3H3,(H,18,19). The minimum absolute atomic E-state index is 0.0619. The molecule has 0 heterocycles. The predicted molar refractivity (Wildman–Crippen MR) is 82.4 cm³/mol. The molecule has 1 atom stereocenters. The number of hydrogen-bond acceptors (Lipinski definition) is 3. The molecule has 2 aromatic rings. The summed E-state index contributed by atoms with van der Waals surface area (Å²) in [6, 6.07) is 10.2. The van der Waals surface area contributed by atoms with Gasteiger partial charge in [0.05, 0.1) is 0 Å². The maximum atomic E-state index is 12.6. The van der Waals surface area contributed by atoms with Gasteiger partial charge in [-0.05, 0) is 56.2 Å². The van der Waals surface area contributed by atoms with Gasteiger partial charge in [0.25, 0.3) is 0 Å². The average molecular weight is 304 g/mol. The second kappa shape index (κ2) is 6.25. The number of benzene rings is 2. The fourth-order valence-corrected chi connectivity index (χ4v) is 2.80. The van der Waals surface area contributed by atoms with Crippen molar-refractivity contribution < 1.29 is 18.8 Å². The fraction of sp³-hybridized carbons (Fsp3) is 0.188. The fourth-order valence-electron chi connectivity index (χ4n) is 2.46. The second-order valence-electron chi connectivity index (χ2n) is 5.00. The average Bonchev–Trinajstić information content (AvgIpc) is 2.37. The van der Waals surface area contributed by atoms with E-state index in [4.69, 9.17) is 9.42 Å². The van der Waals surface area contributed by atoms with Crippen LogP contribution in [0, 0.1) is 20.8 Å². The van der Waals surface area contributed by atoms with Gasteiger partial charge in [0.15, 0.2) is 5.78 Å². The molecule has 4 nitrogen and oxygen atoms in total. The van der Waals surface area contributed by atoms with E-state index in [0.717, 1.165) is 16.7 Å². The zero-order chi connectivity index (χ0) is 15.6. The first kappa shape index (κ1) is 15.5. The van der Waals surface area contributed by atoms with E-state index in [1.54, 1.807) is 12.1 Å². The van der Waals surface area contributed by atoms with E-state index in [0.29, 0.717) is 11.1 Å². The molecule has 21 heavy (non-hydrogen) atoms. The summed E-state index contributed by atoms with van der Waals surface area (Å²) in [4.78, 5) is 21.3. The molecule has 0 bridgehead atoms. The van der Waals surface area contributed by atoms with E-state index >= 15 is 0 Å². The van der Waals surface area contributed by atoms with Gasteiger partial charge >= 0.3 is 8.25 Å². The molecule has 0 aliphatic heterocycles. The minimum Gasteiger partial charge on any atom is -0.426 e. The Labute approximate surface area is 124 Å². The molecule has 0 radical (unpaired) electrons. The van der Waals surface area contributed by atoms with E-state index < -0.39 is 8.25 Å². The largest absolute Gasteiger partial charge is 0.426 e. The van der Waals surface area contributed by atoms with Crippen LogP contribution in [0.2, 0.25) is 0 Å². The third-order valence-electron chi connectivity index (χ3n) is 3.23. The summed E-state index contributed by atoms with van der Waals surface area (Å²) in [7, 11) is -3.02. The predicted octanol–water partition coefficient (Wildman–Crippen LogP) is 3.60. The Hall–Kier alpha value is -1.90. The van der Waals surface area contributed by atoms with Gasteiger partial charge in [-0.15, -0.1) is 0 Å². The van der Waals surface area contributed by atoms with E-state index in [1.807, 2.05) is 32.9 Å². The molecule has 5 heteroatoms. The van der Waals surface area contributed by atoms with Crippen molar-refractivity contribution in [2.24, 2.45) is 0 Å². The molecule has 2 aromatic carbocycles. The molecule has 1 N–H and O–H groups in total. The normalized spacial score (nSPS) is 12.0. The number of aryl methyl sites for hydroxylation is 3. The lowest BCUT2D eigenvalue weighted by molar-refractivity contribution is 0.103. The molecule has 0 aromatic heterocycles. The zero-order valence-corrected chi connectivity index (χ0v) is 13.1. The first-order valence-electron chi connectivity index (χ1n) is 6.52. The van der Waals surface area contributed by atoms with Gasteiger partial charge in [-0.1, -0.05) is 17.7 Å². The minimum atomic E-state index is -3.02. The van der Waals surface area contributed by atoms with Gasteiger partial charge in [-0.2, -0.15) is 0 Å². The number of ketones is 1. The van der Waals surface area contributed by atoms with Gasteiger partial charge in [0.2, 0.25) is 0 Å². The molecule has 0 fully saturated rings. The molecular weight excluding hydrogens is 287 g/mol. The van der Waals surface area contributed by atoms with Crippen molar-refractivity contribution in [2.75, 3.05) is 0 Å². The highest BCUT2D eigenvalue weighted by atomic mass is 31.1. The van der Waals surface area contributed by atoms with Crippen molar-refractivity contribution in [3.8, 4) is 5.75 Å². The Bertz CT molecular complexity index is 682. The molecule has 0 saturated heterocycles. The van der Waals surface area contributed by atoms with Gasteiger partial charge in [0.1, 0.15) is 5.75 Å². The van der Waals surface area contributed by atoms with Gasteiger partial charge < -0.3 is 9.42 Å². The van der Waals surface area contributed by atoms with Crippen molar-refractivity contribution in [3.05, 3.63) is 64.2 Å². The quantitative estimate of drug-likeness (QED) is 0.692. The maximum absolute atomic E-state index is 12.6. The van der Waals surface area contributed by atoms with Crippen LogP contribution in [0.15, 0.2) is 36.4 Å². The van der Waals surface area contributed by atoms with Crippen molar-refractivity contribution in [3.63, 3.8) is 0 Å². The van der Waals surface area contributed by atoms with Crippen LogP contribution in [0.4, 0.5) is 0 Å². The van der Waals surface area contributed by atoms with Gasteiger partial charge in [-0.25, -0.2) is 4.57 Å². The van der Waals surface area contributed by atoms with Crippen LogP contribution in [0.3, 0.4) is 0 Å². The molecule has 0 saturated carbocycles. The third-order valence-corrected chi connectivity index (χ3v) is 3.64.